The quantitative estimate of drug-likeness (QED) is 0.338. The summed E-state index contributed by atoms with van der Waals surface area (Å²) in [5, 5.41) is 3.44. The molecule has 3 aromatic carbocycles. The predicted octanol–water partition coefficient (Wildman–Crippen LogP) is 4.83. The number of carbonyl (C=O) groups is 2. The summed E-state index contributed by atoms with van der Waals surface area (Å²) in [5.74, 6) is -0.810. The number of nitrogens with zero attached hydrogens (tertiary/aromatic N) is 2. The van der Waals surface area contributed by atoms with Gasteiger partial charge in [0.05, 0.1) is 11.9 Å². The largest absolute Gasteiger partial charge is 0.352 e. The Balaban J connectivity index is 2.08. The van der Waals surface area contributed by atoms with E-state index in [4.69, 9.17) is 11.6 Å². The maximum Gasteiger partial charge on any atom is 0.244 e. The molecule has 1 N–H and O–H groups in total. The van der Waals surface area contributed by atoms with E-state index in [1.165, 1.54) is 4.90 Å². The van der Waals surface area contributed by atoms with Gasteiger partial charge in [0.2, 0.25) is 21.8 Å². The van der Waals surface area contributed by atoms with Crippen LogP contribution in [-0.4, -0.2) is 50.0 Å². The third-order valence-corrected chi connectivity index (χ3v) is 7.63. The topological polar surface area (TPSA) is 86.8 Å². The zero-order chi connectivity index (χ0) is 28.6. The van der Waals surface area contributed by atoms with Crippen LogP contribution in [0.1, 0.15) is 37.5 Å². The molecular weight excluding hydrogens is 534 g/mol. The lowest BCUT2D eigenvalue weighted by atomic mass is 10.0. The molecule has 0 saturated heterocycles. The number of sulfonamides is 1. The van der Waals surface area contributed by atoms with Crippen LogP contribution in [0, 0.1) is 0 Å². The van der Waals surface area contributed by atoms with Crippen molar-refractivity contribution in [1.29, 1.82) is 0 Å². The Bertz CT molecular complexity index is 1380. The van der Waals surface area contributed by atoms with E-state index in [2.05, 4.69) is 5.32 Å². The van der Waals surface area contributed by atoms with E-state index < -0.39 is 28.5 Å². The van der Waals surface area contributed by atoms with Crippen LogP contribution in [0.25, 0.3) is 0 Å². The second-order valence-corrected chi connectivity index (χ2v) is 12.1. The van der Waals surface area contributed by atoms with E-state index in [0.29, 0.717) is 17.1 Å². The van der Waals surface area contributed by atoms with Gasteiger partial charge in [0.1, 0.15) is 12.6 Å². The highest BCUT2D eigenvalue weighted by atomic mass is 35.5. The first-order chi connectivity index (χ1) is 18.5. The van der Waals surface area contributed by atoms with Crippen LogP contribution in [0.3, 0.4) is 0 Å². The summed E-state index contributed by atoms with van der Waals surface area (Å²) < 4.78 is 27.0. The highest BCUT2D eigenvalue weighted by molar-refractivity contribution is 7.92. The van der Waals surface area contributed by atoms with Gasteiger partial charge in [-0.3, -0.25) is 13.9 Å². The number of nitrogens with one attached hydrogen (secondary N) is 1. The van der Waals surface area contributed by atoms with Crippen LogP contribution >= 0.6 is 11.6 Å². The Morgan fingerprint density at radius 1 is 0.923 bits per heavy atom. The second kappa shape index (κ2) is 13.6. The lowest BCUT2D eigenvalue weighted by Crippen LogP contribution is -2.54. The van der Waals surface area contributed by atoms with Crippen molar-refractivity contribution in [3.63, 3.8) is 0 Å². The third kappa shape index (κ3) is 8.57. The summed E-state index contributed by atoms with van der Waals surface area (Å²) in [5.41, 5.74) is 2.85. The fourth-order valence-corrected chi connectivity index (χ4v) is 5.51. The van der Waals surface area contributed by atoms with Crippen LogP contribution in [0.4, 0.5) is 5.69 Å². The zero-order valence-electron chi connectivity index (χ0n) is 22.8. The Hall–Kier alpha value is -3.36. The first-order valence-corrected chi connectivity index (χ1v) is 15.2. The molecule has 1 atom stereocenters. The van der Waals surface area contributed by atoms with E-state index in [1.807, 2.05) is 69.3 Å². The van der Waals surface area contributed by atoms with E-state index in [-0.39, 0.29) is 24.9 Å². The third-order valence-electron chi connectivity index (χ3n) is 6.26. The van der Waals surface area contributed by atoms with Gasteiger partial charge in [-0.25, -0.2) is 8.42 Å². The molecule has 0 unspecified atom stereocenters. The molecule has 9 heteroatoms. The van der Waals surface area contributed by atoms with E-state index >= 15 is 0 Å². The lowest BCUT2D eigenvalue weighted by Gasteiger charge is -2.34. The molecular formula is C30H36ClN3O4S. The van der Waals surface area contributed by atoms with Gasteiger partial charge in [-0.05, 0) is 55.2 Å². The molecule has 0 radical (unpaired) electrons. The molecule has 2 amide bonds. The summed E-state index contributed by atoms with van der Waals surface area (Å²) >= 11 is 6.24. The van der Waals surface area contributed by atoms with Gasteiger partial charge < -0.3 is 10.2 Å². The highest BCUT2D eigenvalue weighted by Gasteiger charge is 2.33. The molecule has 0 spiro atoms. The maximum absolute atomic E-state index is 14.1. The number of carbonyl (C=O) groups excluding carboxylic acids is 2. The Labute approximate surface area is 236 Å². The zero-order valence-corrected chi connectivity index (χ0v) is 24.4. The summed E-state index contributed by atoms with van der Waals surface area (Å²) in [6.07, 6.45) is 1.94. The molecule has 0 aliphatic rings. The molecule has 3 aromatic rings. The SMILES string of the molecule is CCc1ccccc1N(CC(=O)N(Cc1cccc(Cl)c1)[C@H](Cc1ccccc1)C(=O)NC(C)C)S(C)(=O)=O. The fraction of sp³-hybridized carbons (Fsp3) is 0.333. The van der Waals surface area contributed by atoms with Crippen LogP contribution < -0.4 is 9.62 Å². The molecule has 0 fully saturated rings. The van der Waals surface area contributed by atoms with E-state index in [1.54, 1.807) is 30.3 Å². The summed E-state index contributed by atoms with van der Waals surface area (Å²) in [6.45, 7) is 5.27. The number of rotatable bonds is 12. The minimum atomic E-state index is -3.82. The monoisotopic (exact) mass is 569 g/mol. The number of amides is 2. The molecule has 3 rings (SSSR count). The van der Waals surface area contributed by atoms with Crippen molar-refractivity contribution in [1.82, 2.24) is 10.2 Å². The van der Waals surface area contributed by atoms with Crippen LogP contribution in [-0.2, 0) is 39.0 Å². The van der Waals surface area contributed by atoms with Crippen molar-refractivity contribution in [3.8, 4) is 0 Å². The molecule has 208 valence electrons. The first-order valence-electron chi connectivity index (χ1n) is 12.9. The van der Waals surface area contributed by atoms with Crippen molar-refractivity contribution in [3.05, 3.63) is 101 Å². The van der Waals surface area contributed by atoms with Crippen LogP contribution in [0.2, 0.25) is 5.02 Å². The van der Waals surface area contributed by atoms with E-state index in [0.717, 1.165) is 27.3 Å². The van der Waals surface area contributed by atoms with Crippen molar-refractivity contribution < 1.29 is 18.0 Å². The summed E-state index contributed by atoms with van der Waals surface area (Å²) in [7, 11) is -3.82. The number of para-hydroxylation sites is 1. The number of anilines is 1. The predicted molar refractivity (Wildman–Crippen MR) is 157 cm³/mol. The minimum absolute atomic E-state index is 0.0788. The highest BCUT2D eigenvalue weighted by Crippen LogP contribution is 2.25. The van der Waals surface area contributed by atoms with Gasteiger partial charge in [-0.15, -0.1) is 0 Å². The standard InChI is InChI=1S/C30H36ClN3O4S/c1-5-25-15-9-10-17-27(25)34(39(4,37)38)21-29(35)33(20-24-14-11-16-26(31)18-24)28(30(36)32-22(2)3)19-23-12-7-6-8-13-23/h6-18,22,28H,5,19-21H2,1-4H3,(H,32,36)/t28-/m1/s1. The van der Waals surface area contributed by atoms with Gasteiger partial charge in [0.25, 0.3) is 0 Å². The molecule has 7 nitrogen and oxygen atoms in total. The van der Waals surface area contributed by atoms with Crippen molar-refractivity contribution in [2.24, 2.45) is 0 Å². The number of benzene rings is 3. The average Bonchev–Trinajstić information content (AvgIpc) is 2.88. The molecule has 0 bridgehead atoms. The normalized spacial score (nSPS) is 12.2. The lowest BCUT2D eigenvalue weighted by molar-refractivity contribution is -0.140. The molecule has 39 heavy (non-hydrogen) atoms. The fourth-order valence-electron chi connectivity index (χ4n) is 4.41. The Morgan fingerprint density at radius 3 is 2.18 bits per heavy atom. The maximum atomic E-state index is 14.1. The van der Waals surface area contributed by atoms with Gasteiger partial charge in [-0.1, -0.05) is 79.2 Å². The smallest absolute Gasteiger partial charge is 0.244 e. The summed E-state index contributed by atoms with van der Waals surface area (Å²) in [4.78, 5) is 29.1. The molecule has 0 aliphatic carbocycles. The number of halogens is 1. The summed E-state index contributed by atoms with van der Waals surface area (Å²) in [6, 6.07) is 22.6. The Kier molecular flexibility index (Phi) is 10.5. The number of hydrogen-bond donors (Lipinski definition) is 1. The molecule has 0 aliphatic heterocycles. The molecule has 0 heterocycles. The van der Waals surface area contributed by atoms with Gasteiger partial charge in [-0.2, -0.15) is 0 Å². The second-order valence-electron chi connectivity index (χ2n) is 9.77. The number of hydrogen-bond acceptors (Lipinski definition) is 4. The van der Waals surface area contributed by atoms with Gasteiger partial charge in [0, 0.05) is 24.0 Å². The van der Waals surface area contributed by atoms with Crippen molar-refractivity contribution in [2.45, 2.75) is 52.2 Å². The van der Waals surface area contributed by atoms with E-state index in [9.17, 15) is 18.0 Å². The minimum Gasteiger partial charge on any atom is -0.352 e. The van der Waals surface area contributed by atoms with Gasteiger partial charge in [0.15, 0.2) is 0 Å². The molecule has 0 saturated carbocycles. The van der Waals surface area contributed by atoms with Gasteiger partial charge >= 0.3 is 0 Å². The average molecular weight is 570 g/mol. The molecule has 0 aromatic heterocycles. The number of aryl methyl sites for hydroxylation is 1. The van der Waals surface area contributed by atoms with Crippen molar-refractivity contribution in [2.75, 3.05) is 17.1 Å². The van der Waals surface area contributed by atoms with Crippen LogP contribution in [0.15, 0.2) is 78.9 Å². The van der Waals surface area contributed by atoms with Crippen LogP contribution in [0.5, 0.6) is 0 Å². The van der Waals surface area contributed by atoms with Crippen molar-refractivity contribution >= 4 is 39.1 Å². The Morgan fingerprint density at radius 2 is 1.56 bits per heavy atom. The first kappa shape index (κ1) is 30.2.